The fourth-order valence-corrected chi connectivity index (χ4v) is 2.87. The van der Waals surface area contributed by atoms with E-state index in [4.69, 9.17) is 9.47 Å². The van der Waals surface area contributed by atoms with Gasteiger partial charge in [0.15, 0.2) is 5.13 Å². The summed E-state index contributed by atoms with van der Waals surface area (Å²) in [5.41, 5.74) is 1.58. The van der Waals surface area contributed by atoms with Gasteiger partial charge < -0.3 is 14.8 Å². The second-order valence-electron chi connectivity index (χ2n) is 4.99. The quantitative estimate of drug-likeness (QED) is 0.742. The summed E-state index contributed by atoms with van der Waals surface area (Å²) in [6.45, 7) is 2.10. The standard InChI is InChI=1S/C17H20N2O4S/c1-3-23-16(21)10-13-11-24-17(18-13)19-15(20)9-8-12-6-4-5-7-14(12)22-2/h4-7,11H,3,8-10H2,1-2H3,(H,18,19,20). The number of rotatable bonds is 8. The molecule has 0 unspecified atom stereocenters. The van der Waals surface area contributed by atoms with Gasteiger partial charge in [0.25, 0.3) is 0 Å². The number of carbonyl (C=O) groups is 2. The number of hydrogen-bond donors (Lipinski definition) is 1. The molecule has 0 aliphatic rings. The molecule has 24 heavy (non-hydrogen) atoms. The van der Waals surface area contributed by atoms with Crippen molar-refractivity contribution < 1.29 is 19.1 Å². The monoisotopic (exact) mass is 348 g/mol. The largest absolute Gasteiger partial charge is 0.496 e. The molecule has 1 amide bonds. The van der Waals surface area contributed by atoms with Gasteiger partial charge in [0.1, 0.15) is 5.75 Å². The number of nitrogens with zero attached hydrogens (tertiary/aromatic N) is 1. The number of aryl methyl sites for hydroxylation is 1. The Hall–Kier alpha value is -2.41. The molecule has 0 aliphatic heterocycles. The van der Waals surface area contributed by atoms with Crippen molar-refractivity contribution in [2.75, 3.05) is 19.0 Å². The molecule has 7 heteroatoms. The average Bonchev–Trinajstić information content (AvgIpc) is 3.00. The molecule has 0 atom stereocenters. The van der Waals surface area contributed by atoms with Crippen LogP contribution in [0.15, 0.2) is 29.6 Å². The van der Waals surface area contributed by atoms with Gasteiger partial charge in [-0.1, -0.05) is 18.2 Å². The van der Waals surface area contributed by atoms with E-state index in [1.807, 2.05) is 24.3 Å². The second-order valence-corrected chi connectivity index (χ2v) is 5.84. The first-order chi connectivity index (χ1) is 11.6. The van der Waals surface area contributed by atoms with Gasteiger partial charge in [0, 0.05) is 11.8 Å². The van der Waals surface area contributed by atoms with E-state index in [2.05, 4.69) is 10.3 Å². The predicted molar refractivity (Wildman–Crippen MR) is 92.4 cm³/mol. The molecular weight excluding hydrogens is 328 g/mol. The number of thiazole rings is 1. The summed E-state index contributed by atoms with van der Waals surface area (Å²) in [6, 6.07) is 7.62. The smallest absolute Gasteiger partial charge is 0.311 e. The Morgan fingerprint density at radius 3 is 2.83 bits per heavy atom. The summed E-state index contributed by atoms with van der Waals surface area (Å²) in [6.07, 6.45) is 1.02. The maximum Gasteiger partial charge on any atom is 0.311 e. The summed E-state index contributed by atoms with van der Waals surface area (Å²) < 4.78 is 10.1. The SMILES string of the molecule is CCOC(=O)Cc1csc(NC(=O)CCc2ccccc2OC)n1. The minimum Gasteiger partial charge on any atom is -0.496 e. The van der Waals surface area contributed by atoms with Gasteiger partial charge in [-0.25, -0.2) is 4.98 Å². The number of esters is 1. The molecule has 0 spiro atoms. The third kappa shape index (κ3) is 5.34. The molecular formula is C17H20N2O4S. The van der Waals surface area contributed by atoms with E-state index >= 15 is 0 Å². The Bertz CT molecular complexity index is 699. The number of amides is 1. The summed E-state index contributed by atoms with van der Waals surface area (Å²) in [5.74, 6) is 0.325. The van der Waals surface area contributed by atoms with Crippen LogP contribution in [0.1, 0.15) is 24.6 Å². The van der Waals surface area contributed by atoms with Crippen LogP contribution in [0.2, 0.25) is 0 Å². The van der Waals surface area contributed by atoms with E-state index in [1.54, 1.807) is 19.4 Å². The van der Waals surface area contributed by atoms with Crippen LogP contribution in [0.5, 0.6) is 5.75 Å². The molecule has 0 radical (unpaired) electrons. The number of anilines is 1. The van der Waals surface area contributed by atoms with Crippen molar-refractivity contribution in [1.82, 2.24) is 4.98 Å². The molecule has 0 saturated carbocycles. The number of para-hydroxylation sites is 1. The van der Waals surface area contributed by atoms with E-state index < -0.39 is 0 Å². The molecule has 1 N–H and O–H groups in total. The third-order valence-corrected chi connectivity index (χ3v) is 4.05. The Morgan fingerprint density at radius 1 is 1.29 bits per heavy atom. The highest BCUT2D eigenvalue weighted by Crippen LogP contribution is 2.20. The van der Waals surface area contributed by atoms with Crippen LogP contribution in [0.4, 0.5) is 5.13 Å². The molecule has 1 aromatic carbocycles. The fourth-order valence-electron chi connectivity index (χ4n) is 2.14. The average molecular weight is 348 g/mol. The predicted octanol–water partition coefficient (Wildman–Crippen LogP) is 2.83. The van der Waals surface area contributed by atoms with Gasteiger partial charge in [-0.2, -0.15) is 0 Å². The van der Waals surface area contributed by atoms with Crippen molar-refractivity contribution in [2.45, 2.75) is 26.2 Å². The second kappa shape index (κ2) is 9.02. The van der Waals surface area contributed by atoms with Crippen molar-refractivity contribution in [3.63, 3.8) is 0 Å². The number of carbonyl (C=O) groups excluding carboxylic acids is 2. The van der Waals surface area contributed by atoms with Crippen LogP contribution >= 0.6 is 11.3 Å². The normalized spacial score (nSPS) is 10.2. The van der Waals surface area contributed by atoms with E-state index in [0.29, 0.717) is 30.3 Å². The van der Waals surface area contributed by atoms with Crippen molar-refractivity contribution in [1.29, 1.82) is 0 Å². The first-order valence-electron chi connectivity index (χ1n) is 7.64. The lowest BCUT2D eigenvalue weighted by Gasteiger charge is -2.07. The number of methoxy groups -OCH3 is 1. The number of ether oxygens (including phenoxy) is 2. The van der Waals surface area contributed by atoms with Crippen LogP contribution in [0.3, 0.4) is 0 Å². The lowest BCUT2D eigenvalue weighted by molar-refractivity contribution is -0.142. The number of hydrogen-bond acceptors (Lipinski definition) is 6. The summed E-state index contributed by atoms with van der Waals surface area (Å²) in [4.78, 5) is 27.7. The Morgan fingerprint density at radius 2 is 2.08 bits per heavy atom. The van der Waals surface area contributed by atoms with E-state index in [-0.39, 0.29) is 18.3 Å². The van der Waals surface area contributed by atoms with Crippen molar-refractivity contribution in [3.05, 3.63) is 40.9 Å². The minimum atomic E-state index is -0.322. The number of nitrogens with one attached hydrogen (secondary N) is 1. The van der Waals surface area contributed by atoms with Crippen LogP contribution in [-0.2, 0) is 27.2 Å². The highest BCUT2D eigenvalue weighted by molar-refractivity contribution is 7.13. The summed E-state index contributed by atoms with van der Waals surface area (Å²) in [5, 5.41) is 4.98. The van der Waals surface area contributed by atoms with Gasteiger partial charge in [-0.3, -0.25) is 9.59 Å². The van der Waals surface area contributed by atoms with Crippen molar-refractivity contribution in [3.8, 4) is 5.75 Å². The molecule has 2 rings (SSSR count). The van der Waals surface area contributed by atoms with E-state index in [1.165, 1.54) is 11.3 Å². The molecule has 6 nitrogen and oxygen atoms in total. The van der Waals surface area contributed by atoms with E-state index in [0.717, 1.165) is 11.3 Å². The van der Waals surface area contributed by atoms with Gasteiger partial charge in [0.05, 0.1) is 25.8 Å². The van der Waals surface area contributed by atoms with Crippen LogP contribution in [-0.4, -0.2) is 30.6 Å². The Labute approximate surface area is 144 Å². The van der Waals surface area contributed by atoms with Gasteiger partial charge in [-0.05, 0) is 25.0 Å². The highest BCUT2D eigenvalue weighted by atomic mass is 32.1. The Kier molecular flexibility index (Phi) is 6.74. The molecule has 0 aliphatic carbocycles. The molecule has 0 fully saturated rings. The zero-order valence-corrected chi connectivity index (χ0v) is 14.5. The molecule has 1 heterocycles. The summed E-state index contributed by atoms with van der Waals surface area (Å²) in [7, 11) is 1.61. The molecule has 0 bridgehead atoms. The van der Waals surface area contributed by atoms with Crippen LogP contribution in [0, 0.1) is 0 Å². The lowest BCUT2D eigenvalue weighted by Crippen LogP contribution is -2.13. The topological polar surface area (TPSA) is 77.5 Å². The fraction of sp³-hybridized carbons (Fsp3) is 0.353. The van der Waals surface area contributed by atoms with E-state index in [9.17, 15) is 9.59 Å². The van der Waals surface area contributed by atoms with Crippen molar-refractivity contribution in [2.24, 2.45) is 0 Å². The Balaban J connectivity index is 1.84. The van der Waals surface area contributed by atoms with Crippen molar-refractivity contribution >= 4 is 28.3 Å². The third-order valence-electron chi connectivity index (χ3n) is 3.24. The van der Waals surface area contributed by atoms with Gasteiger partial charge in [0.2, 0.25) is 5.91 Å². The molecule has 128 valence electrons. The van der Waals surface area contributed by atoms with Gasteiger partial charge >= 0.3 is 5.97 Å². The molecule has 0 saturated heterocycles. The first kappa shape index (κ1) is 17.9. The lowest BCUT2D eigenvalue weighted by atomic mass is 10.1. The maximum atomic E-state index is 12.0. The first-order valence-corrected chi connectivity index (χ1v) is 8.52. The zero-order chi connectivity index (χ0) is 17.4. The zero-order valence-electron chi connectivity index (χ0n) is 13.7. The van der Waals surface area contributed by atoms with Gasteiger partial charge in [-0.15, -0.1) is 11.3 Å². The number of aromatic nitrogens is 1. The maximum absolute atomic E-state index is 12.0. The van der Waals surface area contributed by atoms with Crippen LogP contribution in [0.25, 0.3) is 0 Å². The highest BCUT2D eigenvalue weighted by Gasteiger charge is 2.11. The number of benzene rings is 1. The summed E-state index contributed by atoms with van der Waals surface area (Å²) >= 11 is 1.29. The molecule has 1 aromatic heterocycles. The molecule has 2 aromatic rings. The minimum absolute atomic E-state index is 0.113. The van der Waals surface area contributed by atoms with Crippen LogP contribution < -0.4 is 10.1 Å².